The molecule has 0 aliphatic heterocycles. The number of nitrogens with zero attached hydrogens (tertiary/aromatic N) is 7. The Hall–Kier alpha value is -2.90. The predicted octanol–water partition coefficient (Wildman–Crippen LogP) is 0.0965. The zero-order chi connectivity index (χ0) is 12.4. The van der Waals surface area contributed by atoms with E-state index in [9.17, 15) is 0 Å². The minimum absolute atomic E-state index is 0.120. The van der Waals surface area contributed by atoms with E-state index < -0.39 is 0 Å². The van der Waals surface area contributed by atoms with Gasteiger partial charge in [-0.05, 0) is 12.1 Å². The fourth-order valence-corrected chi connectivity index (χ4v) is 1.42. The molecule has 3 aromatic heterocycles. The smallest absolute Gasteiger partial charge is 0.257 e. The Labute approximate surface area is 102 Å². The monoisotopic (exact) mass is 240 g/mol. The fraction of sp³-hybridized carbons (Fsp3) is 0. The Balaban J connectivity index is 2.12. The van der Waals surface area contributed by atoms with Gasteiger partial charge in [0.05, 0.1) is 0 Å². The van der Waals surface area contributed by atoms with Crippen LogP contribution in [0.4, 0.5) is 5.95 Å². The van der Waals surface area contributed by atoms with Crippen LogP contribution in [0.1, 0.15) is 0 Å². The summed E-state index contributed by atoms with van der Waals surface area (Å²) in [7, 11) is 0. The molecule has 0 unspecified atom stereocenters. The lowest BCUT2D eigenvalue weighted by atomic mass is 10.3. The third-order valence-electron chi connectivity index (χ3n) is 2.18. The number of hydrogen-bond donors (Lipinski definition) is 1. The molecule has 0 fully saturated rings. The lowest BCUT2D eigenvalue weighted by Gasteiger charge is -2.03. The predicted molar refractivity (Wildman–Crippen MR) is 62.4 cm³/mol. The highest BCUT2D eigenvalue weighted by Crippen LogP contribution is 2.14. The SMILES string of the molecule is Nc1nc(-c2cccnc2)nc(-n2cncn2)n1. The van der Waals surface area contributed by atoms with Crippen LogP contribution in [0.2, 0.25) is 0 Å². The number of hydrogen-bond acceptors (Lipinski definition) is 7. The molecule has 3 aromatic rings. The Morgan fingerprint density at radius 3 is 2.78 bits per heavy atom. The number of anilines is 1. The molecular weight excluding hydrogens is 232 g/mol. The molecule has 0 aromatic carbocycles. The van der Waals surface area contributed by atoms with Crippen LogP contribution in [0.25, 0.3) is 17.3 Å². The van der Waals surface area contributed by atoms with E-state index in [1.54, 1.807) is 18.5 Å². The molecule has 3 heterocycles. The average Bonchev–Trinajstić information content (AvgIpc) is 2.93. The Morgan fingerprint density at radius 1 is 1.11 bits per heavy atom. The van der Waals surface area contributed by atoms with E-state index in [1.165, 1.54) is 17.3 Å². The molecule has 0 saturated heterocycles. The van der Waals surface area contributed by atoms with Gasteiger partial charge in [0, 0.05) is 18.0 Å². The summed E-state index contributed by atoms with van der Waals surface area (Å²) >= 11 is 0. The van der Waals surface area contributed by atoms with Crippen LogP contribution in [0.15, 0.2) is 37.2 Å². The highest BCUT2D eigenvalue weighted by Gasteiger charge is 2.08. The van der Waals surface area contributed by atoms with Crippen molar-refractivity contribution in [3.8, 4) is 17.3 Å². The molecule has 0 aliphatic carbocycles. The van der Waals surface area contributed by atoms with Crippen molar-refractivity contribution in [1.82, 2.24) is 34.7 Å². The van der Waals surface area contributed by atoms with Crippen molar-refractivity contribution in [3.63, 3.8) is 0 Å². The van der Waals surface area contributed by atoms with Gasteiger partial charge in [-0.3, -0.25) is 4.98 Å². The van der Waals surface area contributed by atoms with Crippen LogP contribution in [-0.4, -0.2) is 34.7 Å². The molecule has 18 heavy (non-hydrogen) atoms. The van der Waals surface area contributed by atoms with Crippen LogP contribution in [-0.2, 0) is 0 Å². The minimum Gasteiger partial charge on any atom is -0.368 e. The summed E-state index contributed by atoms with van der Waals surface area (Å²) in [6.45, 7) is 0. The third-order valence-corrected chi connectivity index (χ3v) is 2.18. The van der Waals surface area contributed by atoms with E-state index in [2.05, 4.69) is 30.0 Å². The maximum atomic E-state index is 5.66. The molecule has 0 radical (unpaired) electrons. The topological polar surface area (TPSA) is 108 Å². The van der Waals surface area contributed by atoms with Gasteiger partial charge >= 0.3 is 0 Å². The summed E-state index contributed by atoms with van der Waals surface area (Å²) in [5.41, 5.74) is 6.42. The molecular formula is C10H8N8. The Morgan fingerprint density at radius 2 is 2.06 bits per heavy atom. The van der Waals surface area contributed by atoms with Crippen molar-refractivity contribution in [2.24, 2.45) is 0 Å². The van der Waals surface area contributed by atoms with Gasteiger partial charge in [0.25, 0.3) is 5.95 Å². The fourth-order valence-electron chi connectivity index (χ4n) is 1.42. The standard InChI is InChI=1S/C10H8N8/c11-9-15-8(7-2-1-3-12-4-7)16-10(17-9)18-6-13-5-14-18/h1-6H,(H2,11,15,16,17). The molecule has 0 atom stereocenters. The van der Waals surface area contributed by atoms with Gasteiger partial charge in [-0.25, -0.2) is 4.98 Å². The number of pyridine rings is 1. The zero-order valence-electron chi connectivity index (χ0n) is 9.17. The molecule has 0 bridgehead atoms. The molecule has 88 valence electrons. The third kappa shape index (κ3) is 1.86. The quantitative estimate of drug-likeness (QED) is 0.676. The number of aromatic nitrogens is 7. The van der Waals surface area contributed by atoms with Crippen LogP contribution >= 0.6 is 0 Å². The van der Waals surface area contributed by atoms with E-state index in [0.29, 0.717) is 11.8 Å². The van der Waals surface area contributed by atoms with Crippen LogP contribution in [0.5, 0.6) is 0 Å². The van der Waals surface area contributed by atoms with E-state index in [0.717, 1.165) is 5.56 Å². The summed E-state index contributed by atoms with van der Waals surface area (Å²) in [4.78, 5) is 20.2. The maximum absolute atomic E-state index is 5.66. The molecule has 0 saturated carbocycles. The van der Waals surface area contributed by atoms with E-state index in [1.807, 2.05) is 6.07 Å². The Bertz CT molecular complexity index is 649. The van der Waals surface area contributed by atoms with Crippen LogP contribution < -0.4 is 5.73 Å². The van der Waals surface area contributed by atoms with E-state index >= 15 is 0 Å². The van der Waals surface area contributed by atoms with Crippen molar-refractivity contribution in [3.05, 3.63) is 37.2 Å². The normalized spacial score (nSPS) is 10.4. The number of nitrogen functional groups attached to an aromatic ring is 1. The zero-order valence-corrected chi connectivity index (χ0v) is 9.17. The second kappa shape index (κ2) is 4.17. The van der Waals surface area contributed by atoms with Crippen molar-refractivity contribution >= 4 is 5.95 Å². The van der Waals surface area contributed by atoms with E-state index in [4.69, 9.17) is 5.73 Å². The average molecular weight is 240 g/mol. The molecule has 0 amide bonds. The minimum atomic E-state index is 0.120. The first-order chi connectivity index (χ1) is 8.83. The molecule has 3 rings (SSSR count). The second-order valence-electron chi connectivity index (χ2n) is 3.40. The molecule has 0 aliphatic rings. The molecule has 0 spiro atoms. The summed E-state index contributed by atoms with van der Waals surface area (Å²) in [5, 5.41) is 3.94. The summed E-state index contributed by atoms with van der Waals surface area (Å²) in [5.74, 6) is 0.884. The van der Waals surface area contributed by atoms with Crippen molar-refractivity contribution in [1.29, 1.82) is 0 Å². The first-order valence-corrected chi connectivity index (χ1v) is 5.10. The second-order valence-corrected chi connectivity index (χ2v) is 3.40. The largest absolute Gasteiger partial charge is 0.368 e. The van der Waals surface area contributed by atoms with Crippen molar-refractivity contribution < 1.29 is 0 Å². The highest BCUT2D eigenvalue weighted by molar-refractivity contribution is 5.54. The lowest BCUT2D eigenvalue weighted by Crippen LogP contribution is -2.08. The van der Waals surface area contributed by atoms with Gasteiger partial charge < -0.3 is 5.73 Å². The molecule has 2 N–H and O–H groups in total. The first kappa shape index (κ1) is 10.3. The molecule has 8 nitrogen and oxygen atoms in total. The molecule has 8 heteroatoms. The number of rotatable bonds is 2. The van der Waals surface area contributed by atoms with Gasteiger partial charge in [0.1, 0.15) is 12.7 Å². The van der Waals surface area contributed by atoms with Gasteiger partial charge in [-0.2, -0.15) is 24.7 Å². The van der Waals surface area contributed by atoms with Crippen molar-refractivity contribution in [2.45, 2.75) is 0 Å². The van der Waals surface area contributed by atoms with Gasteiger partial charge in [0.15, 0.2) is 5.82 Å². The van der Waals surface area contributed by atoms with Crippen LogP contribution in [0.3, 0.4) is 0 Å². The van der Waals surface area contributed by atoms with Gasteiger partial charge in [-0.1, -0.05) is 0 Å². The van der Waals surface area contributed by atoms with Crippen LogP contribution in [0, 0.1) is 0 Å². The first-order valence-electron chi connectivity index (χ1n) is 5.10. The maximum Gasteiger partial charge on any atom is 0.257 e. The van der Waals surface area contributed by atoms with Gasteiger partial charge in [0.2, 0.25) is 5.95 Å². The van der Waals surface area contributed by atoms with Crippen molar-refractivity contribution in [2.75, 3.05) is 5.73 Å². The van der Waals surface area contributed by atoms with E-state index in [-0.39, 0.29) is 5.95 Å². The lowest BCUT2D eigenvalue weighted by molar-refractivity contribution is 0.800. The number of nitrogens with two attached hydrogens (primary N) is 1. The highest BCUT2D eigenvalue weighted by atomic mass is 15.4. The van der Waals surface area contributed by atoms with Gasteiger partial charge in [-0.15, -0.1) is 0 Å². The summed E-state index contributed by atoms with van der Waals surface area (Å²) in [6, 6.07) is 3.64. The Kier molecular flexibility index (Phi) is 2.38. The summed E-state index contributed by atoms with van der Waals surface area (Å²) in [6.07, 6.45) is 6.21. The summed E-state index contributed by atoms with van der Waals surface area (Å²) < 4.78 is 1.41.